The highest BCUT2D eigenvalue weighted by atomic mass is 19.4. The molecule has 9 heteroatoms. The number of nitrogens with one attached hydrogen (secondary N) is 2. The van der Waals surface area contributed by atoms with Gasteiger partial charge in [-0.1, -0.05) is 12.1 Å². The largest absolute Gasteiger partial charge is 0.485 e. The average Bonchev–Trinajstić information content (AvgIpc) is 2.93. The van der Waals surface area contributed by atoms with Crippen LogP contribution in [0.1, 0.15) is 11.9 Å². The number of fused-ring (bicyclic) bond motifs is 1. The molecule has 1 aromatic heterocycles. The Labute approximate surface area is 117 Å². The van der Waals surface area contributed by atoms with Crippen molar-refractivity contribution < 1.29 is 22.6 Å². The molecular formula is C12H11F3N4O2. The fraction of sp³-hybridized carbons (Fsp3) is 0.333. The molecule has 0 spiro atoms. The first-order valence-corrected chi connectivity index (χ1v) is 6.13. The Kier molecular flexibility index (Phi) is 3.32. The lowest BCUT2D eigenvalue weighted by atomic mass is 10.2. The van der Waals surface area contributed by atoms with Crippen molar-refractivity contribution in [1.82, 2.24) is 15.2 Å². The molecule has 0 fully saturated rings. The molecule has 0 radical (unpaired) electrons. The molecule has 6 nitrogen and oxygen atoms in total. The Morgan fingerprint density at radius 2 is 2.05 bits per heavy atom. The maximum absolute atomic E-state index is 12.1. The number of hydrogen-bond acceptors (Lipinski definition) is 5. The number of benzene rings is 1. The minimum Gasteiger partial charge on any atom is -0.485 e. The van der Waals surface area contributed by atoms with Crippen LogP contribution in [0.5, 0.6) is 11.5 Å². The molecule has 0 aliphatic carbocycles. The molecule has 2 aromatic rings. The second-order valence-corrected chi connectivity index (χ2v) is 4.38. The molecule has 1 unspecified atom stereocenters. The quantitative estimate of drug-likeness (QED) is 0.910. The summed E-state index contributed by atoms with van der Waals surface area (Å²) < 4.78 is 47.5. The van der Waals surface area contributed by atoms with E-state index < -0.39 is 18.8 Å². The maximum atomic E-state index is 12.1. The molecule has 0 saturated carbocycles. The number of ether oxygens (including phenoxy) is 2. The molecule has 1 aliphatic rings. The van der Waals surface area contributed by atoms with E-state index in [2.05, 4.69) is 20.5 Å². The monoisotopic (exact) mass is 300 g/mol. The van der Waals surface area contributed by atoms with Crippen LogP contribution in [0.25, 0.3) is 0 Å². The number of aromatic nitrogens is 3. The molecule has 0 bridgehead atoms. The number of anilines is 1. The summed E-state index contributed by atoms with van der Waals surface area (Å²) >= 11 is 0. The lowest BCUT2D eigenvalue weighted by molar-refractivity contribution is -0.115. The van der Waals surface area contributed by atoms with E-state index in [1.54, 1.807) is 18.2 Å². The predicted octanol–water partition coefficient (Wildman–Crippen LogP) is 2.29. The topological polar surface area (TPSA) is 72.1 Å². The third-order valence-corrected chi connectivity index (χ3v) is 2.76. The van der Waals surface area contributed by atoms with Gasteiger partial charge in [0.2, 0.25) is 5.95 Å². The lowest BCUT2D eigenvalue weighted by Crippen LogP contribution is -2.23. The van der Waals surface area contributed by atoms with Crippen LogP contribution in [0.2, 0.25) is 0 Å². The number of para-hydroxylation sites is 2. The van der Waals surface area contributed by atoms with Crippen molar-refractivity contribution in [3.63, 3.8) is 0 Å². The zero-order chi connectivity index (χ0) is 14.9. The van der Waals surface area contributed by atoms with Crippen molar-refractivity contribution in [1.29, 1.82) is 0 Å². The van der Waals surface area contributed by atoms with Gasteiger partial charge in [-0.05, 0) is 12.1 Å². The maximum Gasteiger partial charge on any atom is 0.405 e. The molecule has 1 atom stereocenters. The van der Waals surface area contributed by atoms with Crippen molar-refractivity contribution in [3.8, 4) is 11.5 Å². The molecule has 0 saturated heterocycles. The van der Waals surface area contributed by atoms with E-state index in [1.807, 2.05) is 6.07 Å². The summed E-state index contributed by atoms with van der Waals surface area (Å²) in [5.74, 6) is 1.33. The van der Waals surface area contributed by atoms with Crippen molar-refractivity contribution in [2.45, 2.75) is 12.3 Å². The number of rotatable bonds is 3. The van der Waals surface area contributed by atoms with Gasteiger partial charge in [0.05, 0.1) is 0 Å². The summed E-state index contributed by atoms with van der Waals surface area (Å²) in [7, 11) is 0. The Morgan fingerprint density at radius 3 is 2.81 bits per heavy atom. The molecular weight excluding hydrogens is 289 g/mol. The van der Waals surface area contributed by atoms with Gasteiger partial charge in [0.1, 0.15) is 13.2 Å². The first kappa shape index (κ1) is 13.5. The molecule has 1 aromatic carbocycles. The SMILES string of the molecule is FC(F)(F)CNc1n[nH]c(C2COc3ccccc3O2)n1. The van der Waals surface area contributed by atoms with Gasteiger partial charge in [0.25, 0.3) is 0 Å². The third-order valence-electron chi connectivity index (χ3n) is 2.76. The summed E-state index contributed by atoms with van der Waals surface area (Å²) in [5.41, 5.74) is 0. The Morgan fingerprint density at radius 1 is 1.29 bits per heavy atom. The van der Waals surface area contributed by atoms with Gasteiger partial charge in [0.15, 0.2) is 23.4 Å². The second kappa shape index (κ2) is 5.15. The number of halogens is 3. The van der Waals surface area contributed by atoms with Crippen molar-refractivity contribution in [3.05, 3.63) is 30.1 Å². The zero-order valence-electron chi connectivity index (χ0n) is 10.6. The number of nitrogens with zero attached hydrogens (tertiary/aromatic N) is 2. The van der Waals surface area contributed by atoms with Gasteiger partial charge in [-0.25, -0.2) is 0 Å². The van der Waals surface area contributed by atoms with Crippen LogP contribution < -0.4 is 14.8 Å². The fourth-order valence-electron chi connectivity index (χ4n) is 1.83. The molecule has 0 amide bonds. The van der Waals surface area contributed by atoms with Crippen molar-refractivity contribution in [2.75, 3.05) is 18.5 Å². The molecule has 21 heavy (non-hydrogen) atoms. The molecule has 3 rings (SSSR count). The smallest absolute Gasteiger partial charge is 0.405 e. The first-order valence-electron chi connectivity index (χ1n) is 6.13. The normalized spacial score (nSPS) is 17.6. The lowest BCUT2D eigenvalue weighted by Gasteiger charge is -2.24. The summed E-state index contributed by atoms with van der Waals surface area (Å²) in [4.78, 5) is 3.93. The van der Waals surface area contributed by atoms with Crippen molar-refractivity contribution >= 4 is 5.95 Å². The highest BCUT2D eigenvalue weighted by Gasteiger charge is 2.28. The van der Waals surface area contributed by atoms with Gasteiger partial charge in [-0.15, -0.1) is 5.10 Å². The van der Waals surface area contributed by atoms with Gasteiger partial charge < -0.3 is 14.8 Å². The summed E-state index contributed by atoms with van der Waals surface area (Å²) in [5, 5.41) is 8.30. The van der Waals surface area contributed by atoms with Gasteiger partial charge in [0, 0.05) is 0 Å². The Balaban J connectivity index is 1.67. The molecule has 1 aliphatic heterocycles. The predicted molar refractivity (Wildman–Crippen MR) is 66.2 cm³/mol. The summed E-state index contributed by atoms with van der Waals surface area (Å²) in [6, 6.07) is 7.11. The number of hydrogen-bond donors (Lipinski definition) is 2. The van der Waals surface area contributed by atoms with Crippen LogP contribution in [0.15, 0.2) is 24.3 Å². The van der Waals surface area contributed by atoms with Crippen LogP contribution in [0.3, 0.4) is 0 Å². The van der Waals surface area contributed by atoms with E-state index in [0.717, 1.165) is 0 Å². The molecule has 2 heterocycles. The first-order chi connectivity index (χ1) is 10.0. The van der Waals surface area contributed by atoms with E-state index >= 15 is 0 Å². The minimum atomic E-state index is -4.33. The van der Waals surface area contributed by atoms with Crippen LogP contribution in [0, 0.1) is 0 Å². The third kappa shape index (κ3) is 3.18. The van der Waals surface area contributed by atoms with Gasteiger partial charge in [-0.3, -0.25) is 5.10 Å². The Hall–Kier alpha value is -2.45. The number of aromatic amines is 1. The minimum absolute atomic E-state index is 0.134. The Bertz CT molecular complexity index is 629. The van der Waals surface area contributed by atoms with Crippen LogP contribution >= 0.6 is 0 Å². The van der Waals surface area contributed by atoms with E-state index in [0.29, 0.717) is 17.3 Å². The molecule has 2 N–H and O–H groups in total. The molecule has 112 valence electrons. The van der Waals surface area contributed by atoms with Gasteiger partial charge >= 0.3 is 6.18 Å². The summed E-state index contributed by atoms with van der Waals surface area (Å²) in [6.45, 7) is -1.000. The van der Waals surface area contributed by atoms with Crippen LogP contribution in [0.4, 0.5) is 19.1 Å². The second-order valence-electron chi connectivity index (χ2n) is 4.38. The van der Waals surface area contributed by atoms with Crippen molar-refractivity contribution in [2.24, 2.45) is 0 Å². The van der Waals surface area contributed by atoms with E-state index in [1.165, 1.54) is 0 Å². The average molecular weight is 300 g/mol. The van der Waals surface area contributed by atoms with E-state index in [9.17, 15) is 13.2 Å². The van der Waals surface area contributed by atoms with Crippen LogP contribution in [-0.2, 0) is 0 Å². The van der Waals surface area contributed by atoms with Gasteiger partial charge in [-0.2, -0.15) is 18.2 Å². The summed E-state index contributed by atoms with van der Waals surface area (Å²) in [6.07, 6.45) is -4.88. The standard InChI is InChI=1S/C12H11F3N4O2/c13-12(14,15)6-16-11-17-10(18-19-11)9-5-20-7-3-1-2-4-8(7)21-9/h1-4,9H,5-6H2,(H2,16,17,18,19). The number of alkyl halides is 3. The highest BCUT2D eigenvalue weighted by Crippen LogP contribution is 2.35. The van der Waals surface area contributed by atoms with E-state index in [-0.39, 0.29) is 12.6 Å². The fourth-order valence-corrected chi connectivity index (χ4v) is 1.83. The number of H-pyrrole nitrogens is 1. The zero-order valence-corrected chi connectivity index (χ0v) is 10.6. The van der Waals surface area contributed by atoms with Crippen LogP contribution in [-0.4, -0.2) is 34.5 Å². The highest BCUT2D eigenvalue weighted by molar-refractivity contribution is 5.41. The van der Waals surface area contributed by atoms with E-state index in [4.69, 9.17) is 9.47 Å².